The summed E-state index contributed by atoms with van der Waals surface area (Å²) < 4.78 is 71.5. The number of aromatic nitrogens is 2. The number of hydrogen-bond acceptors (Lipinski definition) is 6. The molecule has 0 aromatic carbocycles. The number of carbonyl (C=O) groups is 3. The minimum absolute atomic E-state index is 0.0101. The van der Waals surface area contributed by atoms with Crippen LogP contribution >= 0.6 is 0 Å². The van der Waals surface area contributed by atoms with Crippen molar-refractivity contribution in [2.45, 2.75) is 37.3 Å². The molecule has 4 rings (SSSR count). The second-order valence-electron chi connectivity index (χ2n) is 9.23. The fraction of sp³-hybridized carbons (Fsp3) is 0.500. The number of carboxylic acid groups (broad SMARTS) is 2. The summed E-state index contributed by atoms with van der Waals surface area (Å²) in [6.07, 6.45) is -2.37. The van der Waals surface area contributed by atoms with Crippen molar-refractivity contribution in [2.24, 2.45) is 13.0 Å². The van der Waals surface area contributed by atoms with Crippen LogP contribution in [0.1, 0.15) is 28.9 Å². The summed E-state index contributed by atoms with van der Waals surface area (Å²) in [5, 5.41) is 17.3. The Bertz CT molecular complexity index is 1100. The Kier molecular flexibility index (Phi) is 11.1. The zero-order valence-corrected chi connectivity index (χ0v) is 21.2. The quantitative estimate of drug-likeness (QED) is 0.458. The average Bonchev–Trinajstić information content (AvgIpc) is 3.28. The maximum absolute atomic E-state index is 12.2. The lowest BCUT2D eigenvalue weighted by atomic mass is 9.82. The zero-order valence-electron chi connectivity index (χ0n) is 21.2. The van der Waals surface area contributed by atoms with Crippen molar-refractivity contribution in [1.29, 1.82) is 0 Å². The highest BCUT2D eigenvalue weighted by atomic mass is 19.4. The van der Waals surface area contributed by atoms with Gasteiger partial charge in [-0.1, -0.05) is 6.07 Å². The van der Waals surface area contributed by atoms with Crippen LogP contribution in [0.4, 0.5) is 26.3 Å². The first-order valence-corrected chi connectivity index (χ1v) is 11.8. The number of nitrogens with one attached hydrogen (secondary N) is 1. The van der Waals surface area contributed by atoms with Gasteiger partial charge >= 0.3 is 24.3 Å². The molecule has 2 aromatic heterocycles. The Balaban J connectivity index is 0.000000333. The molecule has 0 radical (unpaired) electrons. The van der Waals surface area contributed by atoms with Crippen molar-refractivity contribution in [2.75, 3.05) is 26.2 Å². The van der Waals surface area contributed by atoms with E-state index >= 15 is 0 Å². The van der Waals surface area contributed by atoms with E-state index in [1.54, 1.807) is 0 Å². The molecule has 40 heavy (non-hydrogen) atoms. The summed E-state index contributed by atoms with van der Waals surface area (Å²) in [7, 11) is 1.89. The number of carboxylic acids is 2. The summed E-state index contributed by atoms with van der Waals surface area (Å²) >= 11 is 0. The lowest BCUT2D eigenvalue weighted by molar-refractivity contribution is -0.193. The molecule has 222 valence electrons. The molecule has 1 unspecified atom stereocenters. The van der Waals surface area contributed by atoms with Gasteiger partial charge in [0.05, 0.1) is 12.2 Å². The number of rotatable bonds is 5. The van der Waals surface area contributed by atoms with E-state index in [1.807, 2.05) is 48.4 Å². The summed E-state index contributed by atoms with van der Waals surface area (Å²) in [6, 6.07) is 7.82. The lowest BCUT2D eigenvalue weighted by Gasteiger charge is -2.53. The molecule has 0 bridgehead atoms. The molecule has 1 atom stereocenters. The van der Waals surface area contributed by atoms with Gasteiger partial charge in [-0.05, 0) is 42.5 Å². The van der Waals surface area contributed by atoms with E-state index in [4.69, 9.17) is 24.5 Å². The molecule has 3 N–H and O–H groups in total. The molecule has 2 aromatic rings. The van der Waals surface area contributed by atoms with Gasteiger partial charge in [0, 0.05) is 51.8 Å². The molecule has 2 aliphatic heterocycles. The summed E-state index contributed by atoms with van der Waals surface area (Å²) in [5.41, 5.74) is 1.98. The minimum Gasteiger partial charge on any atom is -0.475 e. The van der Waals surface area contributed by atoms with Crippen LogP contribution in [-0.4, -0.2) is 86.7 Å². The van der Waals surface area contributed by atoms with E-state index < -0.39 is 24.3 Å². The smallest absolute Gasteiger partial charge is 0.475 e. The van der Waals surface area contributed by atoms with Crippen molar-refractivity contribution < 1.29 is 55.7 Å². The highest BCUT2D eigenvalue weighted by Gasteiger charge is 2.46. The van der Waals surface area contributed by atoms with Gasteiger partial charge in [0.25, 0.3) is 5.91 Å². The maximum atomic E-state index is 12.2. The third-order valence-corrected chi connectivity index (χ3v) is 6.00. The third-order valence-electron chi connectivity index (χ3n) is 6.00. The number of pyridine rings is 1. The topological polar surface area (TPSA) is 134 Å². The summed E-state index contributed by atoms with van der Waals surface area (Å²) in [5.74, 6) is -5.12. The summed E-state index contributed by atoms with van der Waals surface area (Å²) in [4.78, 5) is 36.6. The molecule has 4 heterocycles. The van der Waals surface area contributed by atoms with Gasteiger partial charge in [0.15, 0.2) is 0 Å². The Hall–Kier alpha value is -3.66. The molecule has 1 spiro atoms. The molecule has 10 nitrogen and oxygen atoms in total. The molecular weight excluding hydrogens is 554 g/mol. The van der Waals surface area contributed by atoms with E-state index in [2.05, 4.69) is 21.3 Å². The predicted octanol–water partition coefficient (Wildman–Crippen LogP) is 3.10. The molecule has 16 heteroatoms. The first-order chi connectivity index (χ1) is 18.5. The van der Waals surface area contributed by atoms with Gasteiger partial charge in [-0.15, -0.1) is 0 Å². The first-order valence-electron chi connectivity index (χ1n) is 11.8. The number of halogens is 6. The predicted molar refractivity (Wildman–Crippen MR) is 126 cm³/mol. The number of aliphatic carboxylic acids is 2. The van der Waals surface area contributed by atoms with Crippen LogP contribution in [0.15, 0.2) is 42.9 Å². The Morgan fingerprint density at radius 2 is 1.68 bits per heavy atom. The largest absolute Gasteiger partial charge is 0.490 e. The van der Waals surface area contributed by atoms with Crippen LogP contribution in [-0.2, 0) is 27.9 Å². The Morgan fingerprint density at radius 3 is 2.10 bits per heavy atom. The number of likely N-dealkylation sites (tertiary alicyclic amines) is 1. The molecule has 2 fully saturated rings. The van der Waals surface area contributed by atoms with Gasteiger partial charge in [-0.2, -0.15) is 26.3 Å². The zero-order chi connectivity index (χ0) is 30.1. The number of aryl methyl sites for hydroxylation is 1. The van der Waals surface area contributed by atoms with E-state index in [9.17, 15) is 31.1 Å². The van der Waals surface area contributed by atoms with E-state index in [1.165, 1.54) is 5.56 Å². The fourth-order valence-corrected chi connectivity index (χ4v) is 3.98. The van der Waals surface area contributed by atoms with Crippen LogP contribution < -0.4 is 5.32 Å². The lowest BCUT2D eigenvalue weighted by Crippen LogP contribution is -2.64. The molecular formula is C24H28F6N4O6. The second kappa shape index (κ2) is 13.6. The van der Waals surface area contributed by atoms with Crippen LogP contribution in [0.2, 0.25) is 0 Å². The SMILES string of the molecule is Cn1cccc1C(=O)NCC1CCC2(CN(Cc3cccnc3)C2)OC1.O=C(O)C(F)(F)F.O=C(O)C(F)(F)F. The minimum atomic E-state index is -5.08. The monoisotopic (exact) mass is 582 g/mol. The highest BCUT2D eigenvalue weighted by Crippen LogP contribution is 2.36. The first kappa shape index (κ1) is 32.6. The number of carbonyl (C=O) groups excluding carboxylic acids is 1. The number of hydrogen-bond donors (Lipinski definition) is 3. The van der Waals surface area contributed by atoms with Crippen LogP contribution in [0, 0.1) is 5.92 Å². The van der Waals surface area contributed by atoms with Gasteiger partial charge < -0.3 is 24.8 Å². The van der Waals surface area contributed by atoms with E-state index in [-0.39, 0.29) is 11.5 Å². The van der Waals surface area contributed by atoms with E-state index in [0.29, 0.717) is 18.2 Å². The number of alkyl halides is 6. The molecule has 0 aliphatic carbocycles. The van der Waals surface area contributed by atoms with Gasteiger partial charge in [-0.3, -0.25) is 14.7 Å². The van der Waals surface area contributed by atoms with Crippen molar-refractivity contribution in [1.82, 2.24) is 19.8 Å². The molecule has 2 saturated heterocycles. The molecule has 0 saturated carbocycles. The van der Waals surface area contributed by atoms with Crippen molar-refractivity contribution in [3.05, 3.63) is 54.1 Å². The number of ether oxygens (including phenoxy) is 1. The van der Waals surface area contributed by atoms with Crippen LogP contribution in [0.25, 0.3) is 0 Å². The number of amides is 1. The van der Waals surface area contributed by atoms with Crippen molar-refractivity contribution >= 4 is 17.8 Å². The highest BCUT2D eigenvalue weighted by molar-refractivity contribution is 5.92. The maximum Gasteiger partial charge on any atom is 0.490 e. The van der Waals surface area contributed by atoms with Crippen LogP contribution in [0.3, 0.4) is 0 Å². The van der Waals surface area contributed by atoms with Gasteiger partial charge in [-0.25, -0.2) is 9.59 Å². The molecule has 2 aliphatic rings. The van der Waals surface area contributed by atoms with Crippen LogP contribution in [0.5, 0.6) is 0 Å². The van der Waals surface area contributed by atoms with Gasteiger partial charge in [0.2, 0.25) is 0 Å². The number of nitrogens with zero attached hydrogens (tertiary/aromatic N) is 3. The average molecular weight is 582 g/mol. The summed E-state index contributed by atoms with van der Waals surface area (Å²) in [6.45, 7) is 4.33. The van der Waals surface area contributed by atoms with Gasteiger partial charge in [0.1, 0.15) is 5.69 Å². The Morgan fingerprint density at radius 1 is 1.07 bits per heavy atom. The van der Waals surface area contributed by atoms with Crippen molar-refractivity contribution in [3.63, 3.8) is 0 Å². The fourth-order valence-electron chi connectivity index (χ4n) is 3.98. The molecule has 1 amide bonds. The third kappa shape index (κ3) is 10.1. The standard InChI is InChI=1S/C20H26N4O2.2C2HF3O2/c1-23-9-3-5-18(23)19(25)22-11-17-6-7-20(26-13-17)14-24(15-20)12-16-4-2-8-21-10-16;2*3-2(4,5)1(6)7/h2-5,8-10,17H,6-7,11-15H2,1H3,(H,22,25);2*(H,6,7). The van der Waals surface area contributed by atoms with E-state index in [0.717, 1.165) is 39.1 Å². The second-order valence-corrected chi connectivity index (χ2v) is 9.23. The normalized spacial score (nSPS) is 18.3. The van der Waals surface area contributed by atoms with Crippen molar-refractivity contribution in [3.8, 4) is 0 Å². The Labute approximate surface area is 224 Å².